The van der Waals surface area contributed by atoms with Crippen molar-refractivity contribution in [2.24, 2.45) is 11.8 Å². The first-order chi connectivity index (χ1) is 19.0. The molecule has 0 atom stereocenters. The van der Waals surface area contributed by atoms with Crippen LogP contribution in [0.1, 0.15) is 49.9 Å². The lowest BCUT2D eigenvalue weighted by atomic mass is 9.82. The minimum absolute atomic E-state index is 0.0406. The van der Waals surface area contributed by atoms with E-state index in [0.29, 0.717) is 18.3 Å². The quantitative estimate of drug-likeness (QED) is 0.258. The summed E-state index contributed by atoms with van der Waals surface area (Å²) in [7, 11) is 1.59. The van der Waals surface area contributed by atoms with Gasteiger partial charge in [0.25, 0.3) is 0 Å². The van der Waals surface area contributed by atoms with E-state index < -0.39 is 5.97 Å². The number of nitrogens with zero attached hydrogens (tertiary/aromatic N) is 4. The maximum atomic E-state index is 13.7. The van der Waals surface area contributed by atoms with Gasteiger partial charge in [0.05, 0.1) is 25.5 Å². The van der Waals surface area contributed by atoms with Gasteiger partial charge in [-0.05, 0) is 44.6 Å². The number of methoxy groups -OCH3 is 1. The Morgan fingerprint density at radius 1 is 1.10 bits per heavy atom. The Balaban J connectivity index is 1.48. The molecule has 1 fully saturated rings. The van der Waals surface area contributed by atoms with Gasteiger partial charge in [-0.3, -0.25) is 9.69 Å². The Labute approximate surface area is 227 Å². The zero-order valence-electron chi connectivity index (χ0n) is 22.6. The summed E-state index contributed by atoms with van der Waals surface area (Å²) in [6.45, 7) is 4.78. The molecule has 0 radical (unpaired) electrons. The molecule has 4 aromatic rings. The van der Waals surface area contributed by atoms with Crippen LogP contribution in [0.15, 0.2) is 59.3 Å². The van der Waals surface area contributed by atoms with Gasteiger partial charge < -0.3 is 13.9 Å². The van der Waals surface area contributed by atoms with Gasteiger partial charge in [0.15, 0.2) is 5.65 Å². The van der Waals surface area contributed by atoms with Crippen molar-refractivity contribution < 1.29 is 23.5 Å². The molecule has 1 aromatic carbocycles. The number of hydrogen-bond acceptors (Lipinski definition) is 7. The summed E-state index contributed by atoms with van der Waals surface area (Å²) in [4.78, 5) is 32.6. The van der Waals surface area contributed by atoms with Crippen LogP contribution in [0.2, 0.25) is 0 Å². The standard InChI is InChI=1S/C30H34N4O5/c1-4-38-30(36)24-18-26(22-12-10-21(11-13-22)25-19-27-31-14-5-15-34(27)32-25)39-29(24)33(16-17-37-3)28(35)23-8-6-20(2)7-9-23/h5,10-15,18-20,23H,4,6-9,16-17H2,1-3H3/t20-,23-. The molecule has 1 aliphatic carbocycles. The average molecular weight is 531 g/mol. The molecule has 3 heterocycles. The summed E-state index contributed by atoms with van der Waals surface area (Å²) in [5.74, 6) is 0.626. The second-order valence-corrected chi connectivity index (χ2v) is 10.0. The first-order valence-corrected chi connectivity index (χ1v) is 13.5. The summed E-state index contributed by atoms with van der Waals surface area (Å²) in [5, 5.41) is 4.58. The molecule has 1 saturated carbocycles. The van der Waals surface area contributed by atoms with Crippen LogP contribution in [0.4, 0.5) is 5.88 Å². The van der Waals surface area contributed by atoms with E-state index in [4.69, 9.17) is 13.9 Å². The maximum absolute atomic E-state index is 13.7. The third kappa shape index (κ3) is 5.73. The van der Waals surface area contributed by atoms with E-state index >= 15 is 0 Å². The molecule has 0 spiro atoms. The average Bonchev–Trinajstić information content (AvgIpc) is 3.59. The fourth-order valence-electron chi connectivity index (χ4n) is 5.08. The fraction of sp³-hybridized carbons (Fsp3) is 0.400. The van der Waals surface area contributed by atoms with E-state index in [9.17, 15) is 9.59 Å². The molecule has 39 heavy (non-hydrogen) atoms. The summed E-state index contributed by atoms with van der Waals surface area (Å²) in [6, 6.07) is 13.1. The Morgan fingerprint density at radius 3 is 2.54 bits per heavy atom. The topological polar surface area (TPSA) is 99.2 Å². The van der Waals surface area contributed by atoms with E-state index in [-0.39, 0.29) is 36.4 Å². The largest absolute Gasteiger partial charge is 0.462 e. The fourth-order valence-corrected chi connectivity index (χ4v) is 5.08. The van der Waals surface area contributed by atoms with Crippen molar-refractivity contribution in [3.05, 3.63) is 60.4 Å². The zero-order valence-corrected chi connectivity index (χ0v) is 22.6. The molecule has 0 unspecified atom stereocenters. The smallest absolute Gasteiger partial charge is 0.343 e. The number of benzene rings is 1. The van der Waals surface area contributed by atoms with E-state index in [1.165, 1.54) is 0 Å². The van der Waals surface area contributed by atoms with Gasteiger partial charge in [-0.1, -0.05) is 31.2 Å². The van der Waals surface area contributed by atoms with Crippen LogP contribution in [0.25, 0.3) is 28.2 Å². The summed E-state index contributed by atoms with van der Waals surface area (Å²) in [6.07, 6.45) is 7.26. The van der Waals surface area contributed by atoms with Gasteiger partial charge in [0, 0.05) is 48.7 Å². The van der Waals surface area contributed by atoms with Crippen molar-refractivity contribution in [2.45, 2.75) is 39.5 Å². The number of rotatable bonds is 9. The van der Waals surface area contributed by atoms with Gasteiger partial charge in [0.1, 0.15) is 11.3 Å². The molecule has 9 nitrogen and oxygen atoms in total. The number of fused-ring (bicyclic) bond motifs is 1. The normalized spacial score (nSPS) is 17.3. The number of esters is 1. The molecule has 0 bridgehead atoms. The van der Waals surface area contributed by atoms with Gasteiger partial charge in [-0.25, -0.2) is 14.3 Å². The highest BCUT2D eigenvalue weighted by Crippen LogP contribution is 2.36. The molecular weight excluding hydrogens is 496 g/mol. The van der Waals surface area contributed by atoms with Crippen molar-refractivity contribution in [3.63, 3.8) is 0 Å². The third-order valence-corrected chi connectivity index (χ3v) is 7.30. The second kappa shape index (κ2) is 11.8. The molecule has 1 amide bonds. The van der Waals surface area contributed by atoms with Crippen molar-refractivity contribution in [1.29, 1.82) is 0 Å². The first-order valence-electron chi connectivity index (χ1n) is 13.5. The predicted molar refractivity (Wildman–Crippen MR) is 147 cm³/mol. The van der Waals surface area contributed by atoms with Gasteiger partial charge in [0.2, 0.25) is 11.8 Å². The highest BCUT2D eigenvalue weighted by molar-refractivity contribution is 6.02. The van der Waals surface area contributed by atoms with Gasteiger partial charge >= 0.3 is 5.97 Å². The molecular formula is C30H34N4O5. The van der Waals surface area contributed by atoms with E-state index in [2.05, 4.69) is 17.0 Å². The zero-order chi connectivity index (χ0) is 27.4. The van der Waals surface area contributed by atoms with E-state index in [1.807, 2.05) is 42.6 Å². The van der Waals surface area contributed by atoms with Crippen molar-refractivity contribution in [1.82, 2.24) is 14.6 Å². The molecule has 0 saturated heterocycles. The summed E-state index contributed by atoms with van der Waals surface area (Å²) < 4.78 is 18.6. The van der Waals surface area contributed by atoms with Gasteiger partial charge in [-0.15, -0.1) is 0 Å². The van der Waals surface area contributed by atoms with Crippen LogP contribution in [-0.4, -0.2) is 53.3 Å². The number of hydrogen-bond donors (Lipinski definition) is 0. The molecule has 0 N–H and O–H groups in total. The lowest BCUT2D eigenvalue weighted by molar-refractivity contribution is -0.123. The molecule has 204 valence electrons. The van der Waals surface area contributed by atoms with E-state index in [0.717, 1.165) is 48.2 Å². The number of aromatic nitrogens is 3. The second-order valence-electron chi connectivity index (χ2n) is 10.0. The number of carbonyl (C=O) groups is 2. The van der Waals surface area contributed by atoms with Crippen LogP contribution in [0.3, 0.4) is 0 Å². The number of furan rings is 1. The lowest BCUT2D eigenvalue weighted by Crippen LogP contribution is -2.40. The van der Waals surface area contributed by atoms with Crippen LogP contribution in [0, 0.1) is 11.8 Å². The number of amides is 1. The third-order valence-electron chi connectivity index (χ3n) is 7.30. The summed E-state index contributed by atoms with van der Waals surface area (Å²) >= 11 is 0. The van der Waals surface area contributed by atoms with Crippen LogP contribution < -0.4 is 4.90 Å². The minimum Gasteiger partial charge on any atom is -0.462 e. The van der Waals surface area contributed by atoms with Crippen molar-refractivity contribution >= 4 is 23.4 Å². The number of anilines is 1. The SMILES string of the molecule is CCOC(=O)c1cc(-c2ccc(-c3cc4ncccn4n3)cc2)oc1N(CCOC)C(=O)[C@H]1CC[C@H](C)CC1. The van der Waals surface area contributed by atoms with Crippen LogP contribution in [-0.2, 0) is 14.3 Å². The van der Waals surface area contributed by atoms with Gasteiger partial charge in [-0.2, -0.15) is 5.10 Å². The maximum Gasteiger partial charge on any atom is 0.343 e. The van der Waals surface area contributed by atoms with Crippen molar-refractivity contribution in [2.75, 3.05) is 31.8 Å². The lowest BCUT2D eigenvalue weighted by Gasteiger charge is -2.30. The Morgan fingerprint density at radius 2 is 1.85 bits per heavy atom. The molecule has 5 rings (SSSR count). The van der Waals surface area contributed by atoms with Crippen molar-refractivity contribution in [3.8, 4) is 22.6 Å². The number of carbonyl (C=O) groups excluding carboxylic acids is 2. The highest BCUT2D eigenvalue weighted by Gasteiger charge is 2.33. The molecule has 3 aromatic heterocycles. The number of ether oxygens (including phenoxy) is 2. The molecule has 1 aliphatic rings. The van der Waals surface area contributed by atoms with Crippen LogP contribution >= 0.6 is 0 Å². The van der Waals surface area contributed by atoms with Crippen LogP contribution in [0.5, 0.6) is 0 Å². The monoisotopic (exact) mass is 530 g/mol. The minimum atomic E-state index is -0.524. The first kappa shape index (κ1) is 26.6. The Hall–Kier alpha value is -3.98. The van der Waals surface area contributed by atoms with E-state index in [1.54, 1.807) is 35.7 Å². The summed E-state index contributed by atoms with van der Waals surface area (Å²) in [5.41, 5.74) is 3.48. The Kier molecular flexibility index (Phi) is 8.07. The Bertz CT molecular complexity index is 1400. The highest BCUT2D eigenvalue weighted by atomic mass is 16.5. The molecule has 0 aliphatic heterocycles. The predicted octanol–water partition coefficient (Wildman–Crippen LogP) is 5.64. The molecule has 9 heteroatoms.